The Morgan fingerprint density at radius 3 is 2.85 bits per heavy atom. The molecule has 0 spiro atoms. The molecule has 2 N–H and O–H groups in total. The van der Waals surface area contributed by atoms with Gasteiger partial charge in [-0.2, -0.15) is 0 Å². The number of hydrogen-bond donors (Lipinski definition) is 1. The minimum atomic E-state index is 0. The second-order valence-corrected chi connectivity index (χ2v) is 3.96. The third-order valence-corrected chi connectivity index (χ3v) is 3.15. The van der Waals surface area contributed by atoms with Gasteiger partial charge in [-0.25, -0.2) is 0 Å². The van der Waals surface area contributed by atoms with Crippen LogP contribution in [0, 0.1) is 0 Å². The Kier molecular flexibility index (Phi) is 6.43. The maximum Gasteiger partial charge on any atom is 0.0561 e. The second-order valence-electron chi connectivity index (χ2n) is 2.61. The van der Waals surface area contributed by atoms with E-state index >= 15 is 0 Å². The van der Waals surface area contributed by atoms with Gasteiger partial charge in [-0.1, -0.05) is 17.7 Å². The summed E-state index contributed by atoms with van der Waals surface area (Å²) in [6.07, 6.45) is 3.74. The average Bonchev–Trinajstić information content (AvgIpc) is 2.47. The maximum atomic E-state index is 5.92. The topological polar surface area (TPSA) is 26.0 Å². The molecule has 74 valence electrons. The highest BCUT2D eigenvalue weighted by Crippen LogP contribution is 2.29. The molecule has 0 aliphatic carbocycles. The smallest absolute Gasteiger partial charge is 0.0561 e. The molecule has 0 saturated heterocycles. The van der Waals surface area contributed by atoms with E-state index in [0.717, 1.165) is 22.7 Å². The summed E-state index contributed by atoms with van der Waals surface area (Å²) in [5.41, 5.74) is 5.90. The van der Waals surface area contributed by atoms with Gasteiger partial charge in [0, 0.05) is 10.9 Å². The Labute approximate surface area is 94.0 Å². The van der Waals surface area contributed by atoms with Crippen molar-refractivity contribution in [2.75, 3.05) is 0 Å². The highest BCUT2D eigenvalue weighted by Gasteiger charge is 2.09. The van der Waals surface area contributed by atoms with Crippen molar-refractivity contribution in [3.8, 4) is 0 Å². The standard InChI is InChI=1S/C9H12ClNS.ClH/c1-2-3-4-8(11)9-7(10)5-6-12-9;/h2,5-6,8H,1,3-4,11H2;1H/t8-;/m0./s1. The highest BCUT2D eigenvalue weighted by molar-refractivity contribution is 7.10. The lowest BCUT2D eigenvalue weighted by molar-refractivity contribution is 0.673. The van der Waals surface area contributed by atoms with E-state index in [0.29, 0.717) is 0 Å². The van der Waals surface area contributed by atoms with E-state index in [9.17, 15) is 0 Å². The number of nitrogens with two attached hydrogens (primary N) is 1. The van der Waals surface area contributed by atoms with Crippen LogP contribution in [0.4, 0.5) is 0 Å². The Bertz CT molecular complexity index is 260. The van der Waals surface area contributed by atoms with Crippen molar-refractivity contribution in [2.45, 2.75) is 18.9 Å². The SMILES string of the molecule is C=CCC[C@H](N)c1sccc1Cl.Cl. The minimum Gasteiger partial charge on any atom is -0.323 e. The number of rotatable bonds is 4. The van der Waals surface area contributed by atoms with E-state index in [1.165, 1.54) is 0 Å². The highest BCUT2D eigenvalue weighted by atomic mass is 35.5. The molecule has 1 aromatic heterocycles. The third kappa shape index (κ3) is 3.69. The Morgan fingerprint density at radius 2 is 2.38 bits per heavy atom. The van der Waals surface area contributed by atoms with Gasteiger partial charge in [0.25, 0.3) is 0 Å². The van der Waals surface area contributed by atoms with Gasteiger partial charge in [0.15, 0.2) is 0 Å². The second kappa shape index (κ2) is 6.44. The Hall–Kier alpha value is -0.0200. The van der Waals surface area contributed by atoms with Crippen LogP contribution in [0.25, 0.3) is 0 Å². The van der Waals surface area contributed by atoms with Crippen molar-refractivity contribution in [1.29, 1.82) is 0 Å². The number of hydrogen-bond acceptors (Lipinski definition) is 2. The molecule has 13 heavy (non-hydrogen) atoms. The summed E-state index contributed by atoms with van der Waals surface area (Å²) in [4.78, 5) is 1.08. The molecule has 0 bridgehead atoms. The third-order valence-electron chi connectivity index (χ3n) is 1.66. The van der Waals surface area contributed by atoms with Gasteiger partial charge in [0.05, 0.1) is 5.02 Å². The van der Waals surface area contributed by atoms with Crippen LogP contribution >= 0.6 is 35.3 Å². The molecule has 0 amide bonds. The molecule has 1 aromatic rings. The van der Waals surface area contributed by atoms with E-state index in [4.69, 9.17) is 17.3 Å². The largest absolute Gasteiger partial charge is 0.323 e. The fourth-order valence-corrected chi connectivity index (χ4v) is 2.23. The molecular weight excluding hydrogens is 225 g/mol. The molecule has 1 rings (SSSR count). The van der Waals surface area contributed by atoms with Crippen molar-refractivity contribution >= 4 is 35.3 Å². The van der Waals surface area contributed by atoms with Crippen LogP contribution in [0.15, 0.2) is 24.1 Å². The van der Waals surface area contributed by atoms with Gasteiger partial charge in [-0.05, 0) is 24.3 Å². The van der Waals surface area contributed by atoms with Gasteiger partial charge in [-0.3, -0.25) is 0 Å². The van der Waals surface area contributed by atoms with Crippen LogP contribution < -0.4 is 5.73 Å². The zero-order valence-electron chi connectivity index (χ0n) is 7.20. The molecule has 1 atom stereocenters. The zero-order valence-corrected chi connectivity index (χ0v) is 9.59. The van der Waals surface area contributed by atoms with Gasteiger partial charge >= 0.3 is 0 Å². The van der Waals surface area contributed by atoms with Crippen LogP contribution in [0.5, 0.6) is 0 Å². The van der Waals surface area contributed by atoms with Crippen LogP contribution in [0.1, 0.15) is 23.8 Å². The summed E-state index contributed by atoms with van der Waals surface area (Å²) in [5, 5.41) is 2.75. The molecule has 0 aliphatic heterocycles. The van der Waals surface area contributed by atoms with E-state index in [2.05, 4.69) is 6.58 Å². The molecule has 1 heterocycles. The molecule has 0 aliphatic rings. The fourth-order valence-electron chi connectivity index (χ4n) is 0.998. The Balaban J connectivity index is 0.00000144. The van der Waals surface area contributed by atoms with Crippen LogP contribution in [0.3, 0.4) is 0 Å². The van der Waals surface area contributed by atoms with Crippen molar-refractivity contribution in [1.82, 2.24) is 0 Å². The van der Waals surface area contributed by atoms with Crippen LogP contribution in [-0.2, 0) is 0 Å². The lowest BCUT2D eigenvalue weighted by atomic mass is 10.1. The molecule has 0 radical (unpaired) electrons. The predicted molar refractivity (Wildman–Crippen MR) is 62.9 cm³/mol. The quantitative estimate of drug-likeness (QED) is 0.793. The van der Waals surface area contributed by atoms with Gasteiger partial charge in [0.1, 0.15) is 0 Å². The van der Waals surface area contributed by atoms with Crippen molar-refractivity contribution in [3.05, 3.63) is 34.0 Å². The van der Waals surface area contributed by atoms with E-state index < -0.39 is 0 Å². The fraction of sp³-hybridized carbons (Fsp3) is 0.333. The summed E-state index contributed by atoms with van der Waals surface area (Å²) in [5.74, 6) is 0. The monoisotopic (exact) mass is 237 g/mol. The van der Waals surface area contributed by atoms with Crippen molar-refractivity contribution in [2.24, 2.45) is 5.73 Å². The summed E-state index contributed by atoms with van der Waals surface area (Å²) < 4.78 is 0. The number of thiophene rings is 1. The first-order valence-corrected chi connectivity index (χ1v) is 5.11. The first-order valence-electron chi connectivity index (χ1n) is 3.85. The number of allylic oxidation sites excluding steroid dienone is 1. The van der Waals surface area contributed by atoms with Gasteiger partial charge in [-0.15, -0.1) is 30.3 Å². The van der Waals surface area contributed by atoms with E-state index in [1.807, 2.05) is 17.5 Å². The van der Waals surface area contributed by atoms with Crippen LogP contribution in [-0.4, -0.2) is 0 Å². The molecule has 0 saturated carbocycles. The summed E-state index contributed by atoms with van der Waals surface area (Å²) in [7, 11) is 0. The molecule has 4 heteroatoms. The lowest BCUT2D eigenvalue weighted by Gasteiger charge is -2.07. The molecule has 0 aromatic carbocycles. The molecule has 1 nitrogen and oxygen atoms in total. The predicted octanol–water partition coefficient (Wildman–Crippen LogP) is 3.79. The zero-order chi connectivity index (χ0) is 8.97. The van der Waals surface area contributed by atoms with Gasteiger partial charge < -0.3 is 5.73 Å². The number of halogens is 2. The van der Waals surface area contributed by atoms with Crippen molar-refractivity contribution in [3.63, 3.8) is 0 Å². The van der Waals surface area contributed by atoms with Gasteiger partial charge in [0.2, 0.25) is 0 Å². The first-order chi connectivity index (χ1) is 5.75. The first kappa shape index (κ1) is 13.0. The maximum absolute atomic E-state index is 5.92. The molecule has 0 fully saturated rings. The van der Waals surface area contributed by atoms with Crippen LogP contribution in [0.2, 0.25) is 5.02 Å². The lowest BCUT2D eigenvalue weighted by Crippen LogP contribution is -2.08. The summed E-state index contributed by atoms with van der Waals surface area (Å²) in [6, 6.07) is 1.95. The molecule has 0 unspecified atom stereocenters. The Morgan fingerprint density at radius 1 is 1.69 bits per heavy atom. The average molecular weight is 238 g/mol. The summed E-state index contributed by atoms with van der Waals surface area (Å²) >= 11 is 7.54. The summed E-state index contributed by atoms with van der Waals surface area (Å²) in [6.45, 7) is 3.65. The van der Waals surface area contributed by atoms with E-state index in [-0.39, 0.29) is 18.4 Å². The van der Waals surface area contributed by atoms with E-state index in [1.54, 1.807) is 11.3 Å². The normalized spacial score (nSPS) is 11.8. The minimum absolute atomic E-state index is 0. The van der Waals surface area contributed by atoms with Crippen molar-refractivity contribution < 1.29 is 0 Å². The molecular formula is C9H13Cl2NS.